The molecule has 0 aliphatic heterocycles. The van der Waals surface area contributed by atoms with E-state index in [0.717, 1.165) is 45.0 Å². The lowest BCUT2D eigenvalue weighted by Gasteiger charge is -2.08. The monoisotopic (exact) mass is 418 g/mol. The van der Waals surface area contributed by atoms with Gasteiger partial charge >= 0.3 is 0 Å². The Morgan fingerprint density at radius 2 is 1.28 bits per heavy atom. The van der Waals surface area contributed by atoms with Crippen LogP contribution in [0.5, 0.6) is 0 Å². The van der Waals surface area contributed by atoms with Crippen LogP contribution in [0.3, 0.4) is 0 Å². The summed E-state index contributed by atoms with van der Waals surface area (Å²) < 4.78 is 0. The van der Waals surface area contributed by atoms with E-state index in [0.29, 0.717) is 12.0 Å². The maximum absolute atomic E-state index is 12.7. The second-order valence-electron chi connectivity index (χ2n) is 7.60. The zero-order valence-electron chi connectivity index (χ0n) is 17.7. The lowest BCUT2D eigenvalue weighted by Crippen LogP contribution is -2.00. The molecular formula is C27H22N4O. The van der Waals surface area contributed by atoms with Crippen molar-refractivity contribution in [1.29, 1.82) is 0 Å². The van der Waals surface area contributed by atoms with E-state index in [4.69, 9.17) is 0 Å². The Hall–Kier alpha value is -4.25. The first-order valence-corrected chi connectivity index (χ1v) is 10.6. The number of ketones is 1. The lowest BCUT2D eigenvalue weighted by atomic mass is 9.95. The maximum atomic E-state index is 12.7. The molecule has 5 heteroatoms. The third-order valence-corrected chi connectivity index (χ3v) is 5.54. The van der Waals surface area contributed by atoms with E-state index >= 15 is 0 Å². The number of nitrogens with one attached hydrogen (secondary N) is 2. The summed E-state index contributed by atoms with van der Waals surface area (Å²) in [6.45, 7) is 1.88. The average Bonchev–Trinajstić information content (AvgIpc) is 3.55. The van der Waals surface area contributed by atoms with Crippen molar-refractivity contribution in [2.24, 2.45) is 0 Å². The highest BCUT2D eigenvalue weighted by Gasteiger charge is 2.16. The van der Waals surface area contributed by atoms with Crippen LogP contribution in [0.4, 0.5) is 0 Å². The first-order chi connectivity index (χ1) is 15.7. The molecule has 2 aromatic heterocycles. The molecule has 156 valence electrons. The Kier molecular flexibility index (Phi) is 5.22. The highest BCUT2D eigenvalue weighted by molar-refractivity contribution is 6.02. The van der Waals surface area contributed by atoms with Crippen LogP contribution >= 0.6 is 0 Å². The Labute approximate surface area is 186 Å². The molecule has 0 fully saturated rings. The second kappa shape index (κ2) is 8.47. The third kappa shape index (κ3) is 3.76. The summed E-state index contributed by atoms with van der Waals surface area (Å²) in [5.74, 6) is 0.0920. The molecule has 0 aliphatic rings. The van der Waals surface area contributed by atoms with Gasteiger partial charge in [0.1, 0.15) is 0 Å². The molecule has 0 atom stereocenters. The summed E-state index contributed by atoms with van der Waals surface area (Å²) in [7, 11) is 0. The van der Waals surface area contributed by atoms with Crippen LogP contribution in [0.2, 0.25) is 0 Å². The molecule has 0 bridgehead atoms. The first kappa shape index (κ1) is 19.7. The number of Topliss-reactive ketones (excluding diaryl/α,β-unsaturated/α-hetero) is 1. The molecule has 0 unspecified atom stereocenters. The van der Waals surface area contributed by atoms with E-state index in [1.807, 2.05) is 97.9 Å². The molecule has 32 heavy (non-hydrogen) atoms. The molecule has 2 heterocycles. The van der Waals surface area contributed by atoms with Crippen LogP contribution in [0.1, 0.15) is 23.7 Å². The van der Waals surface area contributed by atoms with Crippen molar-refractivity contribution in [2.75, 3.05) is 0 Å². The van der Waals surface area contributed by atoms with E-state index in [-0.39, 0.29) is 5.78 Å². The van der Waals surface area contributed by atoms with Gasteiger partial charge in [-0.25, -0.2) is 0 Å². The number of rotatable bonds is 6. The minimum absolute atomic E-state index is 0.0920. The van der Waals surface area contributed by atoms with Gasteiger partial charge < -0.3 is 0 Å². The van der Waals surface area contributed by atoms with Crippen molar-refractivity contribution in [1.82, 2.24) is 20.4 Å². The van der Waals surface area contributed by atoms with E-state index in [9.17, 15) is 4.79 Å². The molecule has 2 N–H and O–H groups in total. The highest BCUT2D eigenvalue weighted by atomic mass is 16.1. The number of hydrogen-bond acceptors (Lipinski definition) is 3. The van der Waals surface area contributed by atoms with Crippen molar-refractivity contribution in [3.63, 3.8) is 0 Å². The fourth-order valence-corrected chi connectivity index (χ4v) is 3.81. The van der Waals surface area contributed by atoms with Crippen LogP contribution in [-0.2, 0) is 0 Å². The summed E-state index contributed by atoms with van der Waals surface area (Å²) in [5.41, 5.74) is 7.95. The quantitative estimate of drug-likeness (QED) is 0.314. The molecule has 0 radical (unpaired) electrons. The molecular weight excluding hydrogens is 396 g/mol. The highest BCUT2D eigenvalue weighted by Crippen LogP contribution is 2.32. The summed E-state index contributed by atoms with van der Waals surface area (Å²) >= 11 is 0. The molecule has 0 saturated carbocycles. The van der Waals surface area contributed by atoms with Crippen LogP contribution < -0.4 is 0 Å². The van der Waals surface area contributed by atoms with Crippen LogP contribution in [0, 0.1) is 0 Å². The van der Waals surface area contributed by atoms with E-state index in [1.165, 1.54) is 0 Å². The van der Waals surface area contributed by atoms with Crippen LogP contribution in [-0.4, -0.2) is 26.2 Å². The summed E-state index contributed by atoms with van der Waals surface area (Å²) in [6, 6.07) is 29.9. The smallest absolute Gasteiger partial charge is 0.163 e. The van der Waals surface area contributed by atoms with Crippen LogP contribution in [0.15, 0.2) is 91.0 Å². The van der Waals surface area contributed by atoms with Gasteiger partial charge in [0.15, 0.2) is 5.78 Å². The van der Waals surface area contributed by atoms with Gasteiger partial charge in [0.05, 0.1) is 22.8 Å². The van der Waals surface area contributed by atoms with Gasteiger partial charge in [0.25, 0.3) is 0 Å². The summed E-state index contributed by atoms with van der Waals surface area (Å²) in [4.78, 5) is 12.7. The molecule has 0 aliphatic carbocycles. The number of benzene rings is 3. The second-order valence-corrected chi connectivity index (χ2v) is 7.60. The van der Waals surface area contributed by atoms with Gasteiger partial charge in [-0.1, -0.05) is 79.7 Å². The first-order valence-electron chi connectivity index (χ1n) is 10.6. The molecule has 5 nitrogen and oxygen atoms in total. The molecule has 5 aromatic rings. The van der Waals surface area contributed by atoms with Crippen molar-refractivity contribution < 1.29 is 4.79 Å². The standard InChI is InChI=1S/C27H22N4O/c1-2-27(32)21-14-13-20(25-16-23(28-30-25)18-9-5-3-6-10-18)15-22(21)26-17-24(29-31-26)19-11-7-4-8-12-19/h3-17H,2H2,1H3,(H,28,30)(H,29,31). The van der Waals surface area contributed by atoms with Crippen LogP contribution in [0.25, 0.3) is 45.0 Å². The maximum Gasteiger partial charge on any atom is 0.163 e. The minimum atomic E-state index is 0.0920. The largest absolute Gasteiger partial charge is 0.294 e. The Balaban J connectivity index is 1.57. The van der Waals surface area contributed by atoms with Crippen molar-refractivity contribution >= 4 is 5.78 Å². The van der Waals surface area contributed by atoms with Crippen molar-refractivity contribution in [3.05, 3.63) is 96.6 Å². The fraction of sp³-hybridized carbons (Fsp3) is 0.0741. The molecule has 0 amide bonds. The number of nitrogens with zero attached hydrogens (tertiary/aromatic N) is 2. The summed E-state index contributed by atoms with van der Waals surface area (Å²) in [6.07, 6.45) is 0.437. The van der Waals surface area contributed by atoms with Crippen molar-refractivity contribution in [3.8, 4) is 45.0 Å². The van der Waals surface area contributed by atoms with Gasteiger partial charge in [0, 0.05) is 28.7 Å². The predicted molar refractivity (Wildman–Crippen MR) is 127 cm³/mol. The third-order valence-electron chi connectivity index (χ3n) is 5.54. The van der Waals surface area contributed by atoms with Gasteiger partial charge in [-0.05, 0) is 23.8 Å². The number of aromatic amines is 2. The van der Waals surface area contributed by atoms with Gasteiger partial charge in [-0.3, -0.25) is 15.0 Å². The van der Waals surface area contributed by atoms with Gasteiger partial charge in [-0.15, -0.1) is 0 Å². The fourth-order valence-electron chi connectivity index (χ4n) is 3.81. The Bertz CT molecular complexity index is 1370. The SMILES string of the molecule is CCC(=O)c1ccc(-c2cc(-c3ccccc3)[nH]n2)cc1-c1cc(-c2ccccc2)n[nH]1. The van der Waals surface area contributed by atoms with E-state index in [2.05, 4.69) is 20.4 Å². The molecule has 5 rings (SSSR count). The number of carbonyl (C=O) groups is 1. The van der Waals surface area contributed by atoms with Gasteiger partial charge in [-0.2, -0.15) is 10.2 Å². The normalized spacial score (nSPS) is 10.9. The van der Waals surface area contributed by atoms with Crippen molar-refractivity contribution in [2.45, 2.75) is 13.3 Å². The number of carbonyl (C=O) groups excluding carboxylic acids is 1. The Morgan fingerprint density at radius 1 is 0.688 bits per heavy atom. The zero-order valence-corrected chi connectivity index (χ0v) is 17.7. The lowest BCUT2D eigenvalue weighted by molar-refractivity contribution is 0.0989. The van der Waals surface area contributed by atoms with E-state index < -0.39 is 0 Å². The average molecular weight is 419 g/mol. The predicted octanol–water partition coefficient (Wildman–Crippen LogP) is 6.39. The molecule has 3 aromatic carbocycles. The Morgan fingerprint density at radius 3 is 1.97 bits per heavy atom. The minimum Gasteiger partial charge on any atom is -0.294 e. The van der Waals surface area contributed by atoms with E-state index in [1.54, 1.807) is 0 Å². The summed E-state index contributed by atoms with van der Waals surface area (Å²) in [5, 5.41) is 15.2. The topological polar surface area (TPSA) is 74.4 Å². The zero-order chi connectivity index (χ0) is 21.9. The molecule has 0 spiro atoms. The number of hydrogen-bond donors (Lipinski definition) is 2. The number of H-pyrrole nitrogens is 2. The molecule has 0 saturated heterocycles. The number of aromatic nitrogens is 4. The van der Waals surface area contributed by atoms with Gasteiger partial charge in [0.2, 0.25) is 0 Å².